The molecule has 2 heterocycles. The molecular weight excluding hydrogens is 266 g/mol. The van der Waals surface area contributed by atoms with Gasteiger partial charge in [-0.2, -0.15) is 5.10 Å². The highest BCUT2D eigenvalue weighted by Crippen LogP contribution is 2.06. The van der Waals surface area contributed by atoms with Gasteiger partial charge in [0.05, 0.1) is 0 Å². The standard InChI is InChI=1S/C15H21N5O/c1-11(2)8-17-9-12-4-5-14(18-10-12)20-7-6-13(19-20)15(21)16-3/h4-7,10-11,17H,8-9H2,1-3H3,(H,16,21). The molecule has 0 atom stereocenters. The number of amides is 1. The largest absolute Gasteiger partial charge is 0.354 e. The predicted molar refractivity (Wildman–Crippen MR) is 81.3 cm³/mol. The first-order valence-corrected chi connectivity index (χ1v) is 7.04. The molecular formula is C15H21N5O. The summed E-state index contributed by atoms with van der Waals surface area (Å²) in [7, 11) is 1.58. The van der Waals surface area contributed by atoms with E-state index < -0.39 is 0 Å². The second-order valence-electron chi connectivity index (χ2n) is 5.27. The summed E-state index contributed by atoms with van der Waals surface area (Å²) in [5, 5.41) is 10.1. The molecule has 2 rings (SSSR count). The number of carbonyl (C=O) groups is 1. The van der Waals surface area contributed by atoms with Gasteiger partial charge in [0, 0.05) is 26.0 Å². The van der Waals surface area contributed by atoms with Gasteiger partial charge in [0.2, 0.25) is 0 Å². The Hall–Kier alpha value is -2.21. The minimum absolute atomic E-state index is 0.205. The van der Waals surface area contributed by atoms with Crippen molar-refractivity contribution in [2.45, 2.75) is 20.4 Å². The molecule has 0 fully saturated rings. The summed E-state index contributed by atoms with van der Waals surface area (Å²) in [6.45, 7) is 6.14. The maximum absolute atomic E-state index is 11.5. The smallest absolute Gasteiger partial charge is 0.271 e. The van der Waals surface area contributed by atoms with Crippen LogP contribution in [0.4, 0.5) is 0 Å². The molecule has 112 valence electrons. The third-order valence-electron chi connectivity index (χ3n) is 2.97. The number of nitrogens with one attached hydrogen (secondary N) is 2. The number of rotatable bonds is 6. The van der Waals surface area contributed by atoms with Crippen molar-refractivity contribution in [2.75, 3.05) is 13.6 Å². The van der Waals surface area contributed by atoms with E-state index >= 15 is 0 Å². The zero-order valence-electron chi connectivity index (χ0n) is 12.6. The first-order chi connectivity index (χ1) is 10.1. The van der Waals surface area contributed by atoms with Gasteiger partial charge < -0.3 is 10.6 Å². The van der Waals surface area contributed by atoms with Gasteiger partial charge >= 0.3 is 0 Å². The average molecular weight is 287 g/mol. The molecule has 0 radical (unpaired) electrons. The third kappa shape index (κ3) is 4.13. The Bertz CT molecular complexity index is 588. The molecule has 21 heavy (non-hydrogen) atoms. The van der Waals surface area contributed by atoms with Crippen molar-refractivity contribution in [1.29, 1.82) is 0 Å². The summed E-state index contributed by atoms with van der Waals surface area (Å²) in [5.74, 6) is 1.12. The van der Waals surface area contributed by atoms with Crippen LogP contribution >= 0.6 is 0 Å². The molecule has 6 nitrogen and oxygen atoms in total. The first kappa shape index (κ1) is 15.2. The molecule has 0 aromatic carbocycles. The summed E-state index contributed by atoms with van der Waals surface area (Å²) in [6, 6.07) is 5.57. The molecule has 0 aliphatic rings. The van der Waals surface area contributed by atoms with Gasteiger partial charge in [-0.15, -0.1) is 0 Å². The Balaban J connectivity index is 2.01. The lowest BCUT2D eigenvalue weighted by molar-refractivity contribution is 0.0957. The van der Waals surface area contributed by atoms with Crippen molar-refractivity contribution in [3.05, 3.63) is 41.9 Å². The maximum Gasteiger partial charge on any atom is 0.271 e. The highest BCUT2D eigenvalue weighted by atomic mass is 16.1. The van der Waals surface area contributed by atoms with Crippen LogP contribution in [0, 0.1) is 5.92 Å². The van der Waals surface area contributed by atoms with E-state index in [9.17, 15) is 4.79 Å². The molecule has 1 amide bonds. The Morgan fingerprint density at radius 3 is 2.76 bits per heavy atom. The number of pyridine rings is 1. The van der Waals surface area contributed by atoms with E-state index in [4.69, 9.17) is 0 Å². The van der Waals surface area contributed by atoms with Crippen molar-refractivity contribution in [2.24, 2.45) is 5.92 Å². The fourth-order valence-corrected chi connectivity index (χ4v) is 1.86. The quantitative estimate of drug-likeness (QED) is 0.842. The van der Waals surface area contributed by atoms with Crippen LogP contribution < -0.4 is 10.6 Å². The molecule has 2 aromatic rings. The fourth-order valence-electron chi connectivity index (χ4n) is 1.86. The molecule has 0 aliphatic heterocycles. The minimum atomic E-state index is -0.205. The van der Waals surface area contributed by atoms with E-state index in [0.29, 0.717) is 17.4 Å². The summed E-state index contributed by atoms with van der Waals surface area (Å²) in [4.78, 5) is 15.8. The highest BCUT2D eigenvalue weighted by Gasteiger charge is 2.08. The number of nitrogens with zero attached hydrogens (tertiary/aromatic N) is 3. The minimum Gasteiger partial charge on any atom is -0.354 e. The number of hydrogen-bond donors (Lipinski definition) is 2. The summed E-state index contributed by atoms with van der Waals surface area (Å²) >= 11 is 0. The van der Waals surface area contributed by atoms with Gasteiger partial charge in [-0.25, -0.2) is 9.67 Å². The van der Waals surface area contributed by atoms with Crippen LogP contribution in [0.25, 0.3) is 5.82 Å². The topological polar surface area (TPSA) is 71.8 Å². The number of carbonyl (C=O) groups excluding carboxylic acids is 1. The van der Waals surface area contributed by atoms with Crippen LogP contribution in [0.3, 0.4) is 0 Å². The van der Waals surface area contributed by atoms with Gasteiger partial charge in [0.25, 0.3) is 5.91 Å². The predicted octanol–water partition coefficient (Wildman–Crippen LogP) is 1.37. The van der Waals surface area contributed by atoms with Crippen LogP contribution in [0.5, 0.6) is 0 Å². The van der Waals surface area contributed by atoms with E-state index in [1.54, 1.807) is 24.0 Å². The van der Waals surface area contributed by atoms with E-state index in [-0.39, 0.29) is 5.91 Å². The van der Waals surface area contributed by atoms with E-state index in [0.717, 1.165) is 18.7 Å². The lowest BCUT2D eigenvalue weighted by Gasteiger charge is -2.07. The third-order valence-corrected chi connectivity index (χ3v) is 2.97. The van der Waals surface area contributed by atoms with E-state index in [1.165, 1.54) is 0 Å². The molecule has 0 saturated heterocycles. The van der Waals surface area contributed by atoms with Gasteiger partial charge in [-0.1, -0.05) is 19.9 Å². The number of hydrogen-bond acceptors (Lipinski definition) is 4. The monoisotopic (exact) mass is 287 g/mol. The van der Waals surface area contributed by atoms with Crippen LogP contribution in [0.15, 0.2) is 30.6 Å². The average Bonchev–Trinajstić information content (AvgIpc) is 2.96. The Kier molecular flexibility index (Phi) is 5.05. The second-order valence-corrected chi connectivity index (χ2v) is 5.27. The SMILES string of the molecule is CNC(=O)c1ccn(-c2ccc(CNCC(C)C)cn2)n1. The second kappa shape index (κ2) is 6.99. The molecule has 6 heteroatoms. The molecule has 2 aromatic heterocycles. The number of aromatic nitrogens is 3. The summed E-state index contributed by atoms with van der Waals surface area (Å²) in [6.07, 6.45) is 3.55. The zero-order chi connectivity index (χ0) is 15.2. The summed E-state index contributed by atoms with van der Waals surface area (Å²) in [5.41, 5.74) is 1.50. The van der Waals surface area contributed by atoms with Gasteiger partial charge in [0.1, 0.15) is 0 Å². The molecule has 0 bridgehead atoms. The maximum atomic E-state index is 11.5. The molecule has 0 saturated carbocycles. The molecule has 2 N–H and O–H groups in total. The normalized spacial score (nSPS) is 10.9. The van der Waals surface area contributed by atoms with Crippen LogP contribution in [-0.4, -0.2) is 34.3 Å². The fraction of sp³-hybridized carbons (Fsp3) is 0.400. The Morgan fingerprint density at radius 2 is 2.14 bits per heavy atom. The van der Waals surface area contributed by atoms with Crippen molar-refractivity contribution in [3.8, 4) is 5.82 Å². The Labute approximate surface area is 124 Å². The lowest BCUT2D eigenvalue weighted by Crippen LogP contribution is -2.19. The van der Waals surface area contributed by atoms with Gasteiger partial charge in [-0.3, -0.25) is 4.79 Å². The lowest BCUT2D eigenvalue weighted by atomic mass is 10.2. The van der Waals surface area contributed by atoms with Gasteiger partial charge in [-0.05, 0) is 30.2 Å². The van der Waals surface area contributed by atoms with Gasteiger partial charge in [0.15, 0.2) is 11.5 Å². The highest BCUT2D eigenvalue weighted by molar-refractivity contribution is 5.91. The molecule has 0 unspecified atom stereocenters. The van der Waals surface area contributed by atoms with Crippen molar-refractivity contribution in [3.63, 3.8) is 0 Å². The van der Waals surface area contributed by atoms with Crippen LogP contribution in [0.1, 0.15) is 29.9 Å². The van der Waals surface area contributed by atoms with E-state index in [1.807, 2.05) is 18.3 Å². The van der Waals surface area contributed by atoms with Crippen LogP contribution in [-0.2, 0) is 6.54 Å². The molecule has 0 spiro atoms. The van der Waals surface area contributed by atoms with Crippen molar-refractivity contribution in [1.82, 2.24) is 25.4 Å². The van der Waals surface area contributed by atoms with E-state index in [2.05, 4.69) is 34.6 Å². The van der Waals surface area contributed by atoms with Crippen molar-refractivity contribution >= 4 is 5.91 Å². The summed E-state index contributed by atoms with van der Waals surface area (Å²) < 4.78 is 1.59. The van der Waals surface area contributed by atoms with Crippen LogP contribution in [0.2, 0.25) is 0 Å². The zero-order valence-corrected chi connectivity index (χ0v) is 12.6. The first-order valence-electron chi connectivity index (χ1n) is 7.04. The molecule has 0 aliphatic carbocycles. The Morgan fingerprint density at radius 1 is 1.33 bits per heavy atom. The van der Waals surface area contributed by atoms with Crippen molar-refractivity contribution < 1.29 is 4.79 Å².